The van der Waals surface area contributed by atoms with Crippen molar-refractivity contribution in [1.29, 1.82) is 0 Å². The topological polar surface area (TPSA) is 108 Å². The Morgan fingerprint density at radius 2 is 2.15 bits per heavy atom. The summed E-state index contributed by atoms with van der Waals surface area (Å²) in [7, 11) is 1.53. The molecule has 3 heterocycles. The van der Waals surface area contributed by atoms with E-state index in [0.29, 0.717) is 13.0 Å². The first-order valence-electron chi connectivity index (χ1n) is 9.58. The van der Waals surface area contributed by atoms with Gasteiger partial charge in [-0.15, -0.1) is 0 Å². The Morgan fingerprint density at radius 1 is 1.44 bits per heavy atom. The van der Waals surface area contributed by atoms with Crippen LogP contribution in [0.2, 0.25) is 0 Å². The van der Waals surface area contributed by atoms with E-state index in [1.807, 2.05) is 6.92 Å². The van der Waals surface area contributed by atoms with Crippen molar-refractivity contribution in [3.63, 3.8) is 0 Å². The normalized spacial score (nSPS) is 38.0. The van der Waals surface area contributed by atoms with Crippen LogP contribution in [0.3, 0.4) is 0 Å². The van der Waals surface area contributed by atoms with Crippen LogP contribution < -0.4 is 10.6 Å². The highest BCUT2D eigenvalue weighted by molar-refractivity contribution is 9.09. The minimum atomic E-state index is -1.05. The number of nitrogens with one attached hydrogen (secondary N) is 2. The molecule has 3 unspecified atom stereocenters. The molecular weight excluding hydrogens is 418 g/mol. The second-order valence-corrected chi connectivity index (χ2v) is 8.88. The van der Waals surface area contributed by atoms with Crippen molar-refractivity contribution in [3.05, 3.63) is 0 Å². The molecular formula is C18H28BrN3O5. The molecule has 3 rings (SSSR count). The maximum absolute atomic E-state index is 13.3. The van der Waals surface area contributed by atoms with E-state index in [-0.39, 0.29) is 29.2 Å². The maximum atomic E-state index is 13.3. The van der Waals surface area contributed by atoms with Gasteiger partial charge in [-0.05, 0) is 19.8 Å². The summed E-state index contributed by atoms with van der Waals surface area (Å²) in [4.78, 5) is 40.3. The van der Waals surface area contributed by atoms with Crippen molar-refractivity contribution in [2.24, 2.45) is 11.8 Å². The Balaban J connectivity index is 2.00. The Labute approximate surface area is 167 Å². The zero-order valence-electron chi connectivity index (χ0n) is 15.9. The van der Waals surface area contributed by atoms with Crippen LogP contribution in [0.4, 0.5) is 0 Å². The number of unbranched alkanes of at least 4 members (excludes halogenated alkanes) is 1. The second-order valence-electron chi connectivity index (χ2n) is 7.70. The number of carbonyl (C=O) groups is 3. The fraction of sp³-hybridized carbons (Fsp3) is 0.833. The molecule has 3 N–H and O–H groups in total. The molecule has 3 aliphatic heterocycles. The molecule has 0 aromatic rings. The van der Waals surface area contributed by atoms with Gasteiger partial charge in [-0.1, -0.05) is 29.3 Å². The average molecular weight is 446 g/mol. The van der Waals surface area contributed by atoms with Gasteiger partial charge >= 0.3 is 0 Å². The summed E-state index contributed by atoms with van der Waals surface area (Å²) in [5.74, 6) is -2.19. The third kappa shape index (κ3) is 2.98. The van der Waals surface area contributed by atoms with Crippen molar-refractivity contribution in [3.8, 4) is 0 Å². The predicted octanol–water partition coefficient (Wildman–Crippen LogP) is -0.222. The summed E-state index contributed by atoms with van der Waals surface area (Å²) in [6, 6.07) is -1.39. The molecule has 0 aliphatic carbocycles. The number of rotatable bonds is 7. The van der Waals surface area contributed by atoms with Crippen molar-refractivity contribution in [2.45, 2.75) is 61.7 Å². The number of aliphatic hydroxyl groups excluding tert-OH is 1. The van der Waals surface area contributed by atoms with E-state index < -0.39 is 35.6 Å². The van der Waals surface area contributed by atoms with E-state index in [9.17, 15) is 19.5 Å². The predicted molar refractivity (Wildman–Crippen MR) is 101 cm³/mol. The number of alkyl halides is 1. The quantitative estimate of drug-likeness (QED) is 0.370. The van der Waals surface area contributed by atoms with Gasteiger partial charge < -0.3 is 25.4 Å². The van der Waals surface area contributed by atoms with Crippen molar-refractivity contribution >= 4 is 33.7 Å². The average Bonchev–Trinajstić information content (AvgIpc) is 3.24. The summed E-state index contributed by atoms with van der Waals surface area (Å²) in [6.07, 6.45) is 1.80. The third-order valence-corrected chi connectivity index (χ3v) is 6.94. The Kier molecular flexibility index (Phi) is 5.84. The number of halogens is 1. The molecule has 0 radical (unpaired) electrons. The highest BCUT2D eigenvalue weighted by Crippen LogP contribution is 2.60. The number of carbonyl (C=O) groups excluding carboxylic acids is 3. The molecule has 152 valence electrons. The van der Waals surface area contributed by atoms with Gasteiger partial charge in [0.15, 0.2) is 0 Å². The molecule has 7 atom stereocenters. The maximum Gasteiger partial charge on any atom is 0.245 e. The molecule has 0 aromatic heterocycles. The highest BCUT2D eigenvalue weighted by atomic mass is 79.9. The van der Waals surface area contributed by atoms with Gasteiger partial charge in [-0.3, -0.25) is 14.4 Å². The van der Waals surface area contributed by atoms with Gasteiger partial charge in [0.1, 0.15) is 11.6 Å². The largest absolute Gasteiger partial charge is 0.394 e. The van der Waals surface area contributed by atoms with E-state index in [2.05, 4.69) is 26.6 Å². The van der Waals surface area contributed by atoms with Gasteiger partial charge in [0, 0.05) is 18.4 Å². The molecule has 3 fully saturated rings. The molecule has 0 aromatic carbocycles. The number of ether oxygens (including phenoxy) is 1. The highest BCUT2D eigenvalue weighted by Gasteiger charge is 2.76. The van der Waals surface area contributed by atoms with E-state index in [1.54, 1.807) is 6.92 Å². The van der Waals surface area contributed by atoms with Gasteiger partial charge in [-0.2, -0.15) is 0 Å². The first-order valence-corrected chi connectivity index (χ1v) is 10.5. The first kappa shape index (κ1) is 20.5. The first-order chi connectivity index (χ1) is 12.8. The standard InChI is InChI=1S/C18H28BrN3O5/c1-4-5-6-21-16(25)14-18-7-10(19)13(27-18)11(15(24)20-3)12(18)17(26)22(14)9(2)8-23/h9-14,23H,4-8H2,1-3H3,(H,20,24)(H,21,25)/t9-,10?,11-,12+,13-,14?,18?/m1/s1. The smallest absolute Gasteiger partial charge is 0.245 e. The molecule has 1 spiro atoms. The lowest BCUT2D eigenvalue weighted by Gasteiger charge is -2.35. The number of likely N-dealkylation sites (tertiary alicyclic amines) is 1. The van der Waals surface area contributed by atoms with Crippen LogP contribution in [0.1, 0.15) is 33.1 Å². The fourth-order valence-corrected chi connectivity index (χ4v) is 5.82. The van der Waals surface area contributed by atoms with Gasteiger partial charge in [0.2, 0.25) is 17.7 Å². The van der Waals surface area contributed by atoms with Crippen molar-refractivity contribution in [2.75, 3.05) is 20.2 Å². The number of amides is 3. The molecule has 27 heavy (non-hydrogen) atoms. The summed E-state index contributed by atoms with van der Waals surface area (Å²) >= 11 is 3.58. The number of nitrogens with zero attached hydrogens (tertiary/aromatic N) is 1. The van der Waals surface area contributed by atoms with E-state index in [1.165, 1.54) is 11.9 Å². The molecule has 3 aliphatic rings. The van der Waals surface area contributed by atoms with Crippen LogP contribution in [0.25, 0.3) is 0 Å². The molecule has 0 saturated carbocycles. The fourth-order valence-electron chi connectivity index (χ4n) is 4.88. The lowest BCUT2D eigenvalue weighted by atomic mass is 9.70. The minimum absolute atomic E-state index is 0.112. The second kappa shape index (κ2) is 7.67. The van der Waals surface area contributed by atoms with Crippen molar-refractivity contribution in [1.82, 2.24) is 15.5 Å². The SMILES string of the molecule is CCCCNC(=O)C1N([C@H](C)CO)C(=O)[C@@H]2[C@@H](C(=O)NC)[C@@H]3OC12CC3Br. The number of hydrogen-bond donors (Lipinski definition) is 3. The molecule has 3 saturated heterocycles. The lowest BCUT2D eigenvalue weighted by molar-refractivity contribution is -0.145. The van der Waals surface area contributed by atoms with Gasteiger partial charge in [0.05, 0.1) is 30.6 Å². The Hall–Kier alpha value is -1.19. The summed E-state index contributed by atoms with van der Waals surface area (Å²) < 4.78 is 6.25. The van der Waals surface area contributed by atoms with Crippen molar-refractivity contribution < 1.29 is 24.2 Å². The Bertz CT molecular complexity index is 632. The van der Waals surface area contributed by atoms with E-state index in [0.717, 1.165) is 12.8 Å². The van der Waals surface area contributed by atoms with Crippen LogP contribution in [0.15, 0.2) is 0 Å². The van der Waals surface area contributed by atoms with Crippen LogP contribution in [0.5, 0.6) is 0 Å². The third-order valence-electron chi connectivity index (χ3n) is 6.09. The molecule has 3 amide bonds. The number of hydrogen-bond acceptors (Lipinski definition) is 5. The summed E-state index contributed by atoms with van der Waals surface area (Å²) in [5, 5.41) is 15.2. The zero-order valence-corrected chi connectivity index (χ0v) is 17.5. The molecule has 8 nitrogen and oxygen atoms in total. The van der Waals surface area contributed by atoms with Gasteiger partial charge in [-0.25, -0.2) is 0 Å². The summed E-state index contributed by atoms with van der Waals surface area (Å²) in [5.41, 5.74) is -1.05. The lowest BCUT2D eigenvalue weighted by Crippen LogP contribution is -2.57. The summed E-state index contributed by atoms with van der Waals surface area (Å²) in [6.45, 7) is 3.99. The van der Waals surface area contributed by atoms with E-state index >= 15 is 0 Å². The van der Waals surface area contributed by atoms with Crippen LogP contribution in [0, 0.1) is 11.8 Å². The van der Waals surface area contributed by atoms with E-state index in [4.69, 9.17) is 4.74 Å². The van der Waals surface area contributed by atoms with Crippen LogP contribution in [-0.4, -0.2) is 76.5 Å². The zero-order chi connectivity index (χ0) is 19.9. The Morgan fingerprint density at radius 3 is 2.74 bits per heavy atom. The molecule has 2 bridgehead atoms. The minimum Gasteiger partial charge on any atom is -0.394 e. The molecule has 9 heteroatoms. The number of aliphatic hydroxyl groups is 1. The number of fused-ring (bicyclic) bond motifs is 1. The van der Waals surface area contributed by atoms with Gasteiger partial charge in [0.25, 0.3) is 0 Å². The van der Waals surface area contributed by atoms with Crippen LogP contribution in [-0.2, 0) is 19.1 Å². The van der Waals surface area contributed by atoms with Crippen LogP contribution >= 0.6 is 15.9 Å². The monoisotopic (exact) mass is 445 g/mol.